The minimum absolute atomic E-state index is 0.234. The summed E-state index contributed by atoms with van der Waals surface area (Å²) in [5.74, 6) is 0.772. The summed E-state index contributed by atoms with van der Waals surface area (Å²) in [7, 11) is 0. The van der Waals surface area contributed by atoms with Crippen LogP contribution < -0.4 is 5.32 Å². The summed E-state index contributed by atoms with van der Waals surface area (Å²) in [5, 5.41) is 3.54. The smallest absolute Gasteiger partial charge is 0.0698 e. The van der Waals surface area contributed by atoms with Crippen LogP contribution in [0.2, 0.25) is 0 Å². The largest absolute Gasteiger partial charge is 0.371 e. The van der Waals surface area contributed by atoms with E-state index in [4.69, 9.17) is 4.74 Å². The van der Waals surface area contributed by atoms with E-state index in [0.29, 0.717) is 12.1 Å². The number of rotatable bonds is 6. The van der Waals surface area contributed by atoms with Gasteiger partial charge in [0.05, 0.1) is 11.7 Å². The maximum atomic E-state index is 6.57. The van der Waals surface area contributed by atoms with E-state index in [-0.39, 0.29) is 5.60 Å². The molecule has 2 rings (SSSR count). The maximum Gasteiger partial charge on any atom is 0.0698 e. The molecule has 2 aliphatic carbocycles. The molecule has 0 aromatic rings. The summed E-state index contributed by atoms with van der Waals surface area (Å²) in [5.41, 5.74) is 0.234. The van der Waals surface area contributed by atoms with E-state index < -0.39 is 0 Å². The Hall–Kier alpha value is -0.0800. The van der Waals surface area contributed by atoms with Gasteiger partial charge in [-0.1, -0.05) is 33.6 Å². The van der Waals surface area contributed by atoms with Crippen LogP contribution in [0.1, 0.15) is 72.1 Å². The van der Waals surface area contributed by atoms with Gasteiger partial charge in [-0.15, -0.1) is 0 Å². The number of ether oxygens (including phenoxy) is 1. The topological polar surface area (TPSA) is 21.3 Å². The molecule has 0 aliphatic heterocycles. The number of hydrogen-bond acceptors (Lipinski definition) is 2. The molecule has 0 saturated heterocycles. The average molecular weight is 253 g/mol. The molecule has 2 saturated carbocycles. The molecule has 2 aliphatic rings. The predicted molar refractivity (Wildman–Crippen MR) is 76.8 cm³/mol. The molecular weight excluding hydrogens is 222 g/mol. The van der Waals surface area contributed by atoms with Gasteiger partial charge in [-0.2, -0.15) is 0 Å². The molecule has 1 N–H and O–H groups in total. The minimum atomic E-state index is 0.234. The Labute approximate surface area is 113 Å². The summed E-state index contributed by atoms with van der Waals surface area (Å²) in [6.07, 6.45) is 11.1. The lowest BCUT2D eigenvalue weighted by Crippen LogP contribution is -2.47. The molecule has 2 atom stereocenters. The number of nitrogens with one attached hydrogen (secondary N) is 1. The molecule has 0 aromatic heterocycles. The molecular formula is C16H31NO. The van der Waals surface area contributed by atoms with Crippen LogP contribution in [0.3, 0.4) is 0 Å². The zero-order chi connectivity index (χ0) is 13.0. The van der Waals surface area contributed by atoms with Crippen molar-refractivity contribution < 1.29 is 4.74 Å². The Balaban J connectivity index is 1.79. The van der Waals surface area contributed by atoms with Crippen molar-refractivity contribution >= 4 is 0 Å². The molecule has 2 fully saturated rings. The van der Waals surface area contributed by atoms with Crippen LogP contribution in [0.15, 0.2) is 0 Å². The Morgan fingerprint density at radius 3 is 2.44 bits per heavy atom. The fourth-order valence-electron chi connectivity index (χ4n) is 3.36. The lowest BCUT2D eigenvalue weighted by Gasteiger charge is -2.46. The van der Waals surface area contributed by atoms with Crippen LogP contribution in [-0.2, 0) is 4.74 Å². The molecule has 2 nitrogen and oxygen atoms in total. The van der Waals surface area contributed by atoms with Gasteiger partial charge in [0, 0.05) is 6.04 Å². The van der Waals surface area contributed by atoms with Gasteiger partial charge in [0.2, 0.25) is 0 Å². The first kappa shape index (κ1) is 14.3. The minimum Gasteiger partial charge on any atom is -0.371 e. The SMILES string of the molecule is CC(C)NCCC1(OC2CCCCC2C)CCC1. The molecule has 0 radical (unpaired) electrons. The van der Waals surface area contributed by atoms with Crippen LogP contribution in [-0.4, -0.2) is 24.3 Å². The van der Waals surface area contributed by atoms with Gasteiger partial charge >= 0.3 is 0 Å². The third kappa shape index (κ3) is 3.71. The van der Waals surface area contributed by atoms with Gasteiger partial charge in [-0.3, -0.25) is 0 Å². The predicted octanol–water partition coefficient (Wildman–Crippen LogP) is 3.89. The Morgan fingerprint density at radius 2 is 1.89 bits per heavy atom. The summed E-state index contributed by atoms with van der Waals surface area (Å²) in [6, 6.07) is 0.593. The zero-order valence-electron chi connectivity index (χ0n) is 12.5. The summed E-state index contributed by atoms with van der Waals surface area (Å²) in [4.78, 5) is 0. The summed E-state index contributed by atoms with van der Waals surface area (Å²) < 4.78 is 6.57. The van der Waals surface area contributed by atoms with Crippen LogP contribution in [0, 0.1) is 5.92 Å². The lowest BCUT2D eigenvalue weighted by molar-refractivity contribution is -0.165. The quantitative estimate of drug-likeness (QED) is 0.775. The molecule has 18 heavy (non-hydrogen) atoms. The van der Waals surface area contributed by atoms with E-state index in [1.54, 1.807) is 0 Å². The van der Waals surface area contributed by atoms with Crippen molar-refractivity contribution in [1.82, 2.24) is 5.32 Å². The van der Waals surface area contributed by atoms with Gasteiger partial charge in [-0.05, 0) is 51.0 Å². The van der Waals surface area contributed by atoms with Crippen molar-refractivity contribution in [3.63, 3.8) is 0 Å². The average Bonchev–Trinajstić information content (AvgIpc) is 2.28. The Morgan fingerprint density at radius 1 is 1.17 bits per heavy atom. The molecule has 0 amide bonds. The van der Waals surface area contributed by atoms with E-state index in [1.165, 1.54) is 51.4 Å². The molecule has 0 bridgehead atoms. The van der Waals surface area contributed by atoms with Gasteiger partial charge in [0.15, 0.2) is 0 Å². The van der Waals surface area contributed by atoms with Crippen LogP contribution in [0.4, 0.5) is 0 Å². The van der Waals surface area contributed by atoms with Gasteiger partial charge in [0.1, 0.15) is 0 Å². The third-order valence-corrected chi connectivity index (χ3v) is 4.83. The van der Waals surface area contributed by atoms with E-state index >= 15 is 0 Å². The second-order valence-corrected chi connectivity index (χ2v) is 6.81. The van der Waals surface area contributed by atoms with Crippen molar-refractivity contribution in [2.75, 3.05) is 6.54 Å². The second-order valence-electron chi connectivity index (χ2n) is 6.81. The van der Waals surface area contributed by atoms with Gasteiger partial charge in [-0.25, -0.2) is 0 Å². The third-order valence-electron chi connectivity index (χ3n) is 4.83. The standard InChI is InChI=1S/C16H31NO/c1-13(2)17-12-11-16(9-6-10-16)18-15-8-5-4-7-14(15)3/h13-15,17H,4-12H2,1-3H3. The lowest BCUT2D eigenvalue weighted by atomic mass is 9.76. The highest BCUT2D eigenvalue weighted by Gasteiger charge is 2.40. The van der Waals surface area contributed by atoms with Gasteiger partial charge < -0.3 is 10.1 Å². The zero-order valence-corrected chi connectivity index (χ0v) is 12.5. The van der Waals surface area contributed by atoms with Crippen molar-refractivity contribution in [2.45, 2.75) is 89.9 Å². The highest BCUT2D eigenvalue weighted by Crippen LogP contribution is 2.42. The van der Waals surface area contributed by atoms with Crippen molar-refractivity contribution in [2.24, 2.45) is 5.92 Å². The monoisotopic (exact) mass is 253 g/mol. The first-order valence-corrected chi connectivity index (χ1v) is 8.02. The number of hydrogen-bond donors (Lipinski definition) is 1. The fourth-order valence-corrected chi connectivity index (χ4v) is 3.36. The molecule has 0 heterocycles. The van der Waals surface area contributed by atoms with Crippen molar-refractivity contribution in [3.05, 3.63) is 0 Å². The molecule has 0 spiro atoms. The van der Waals surface area contributed by atoms with Gasteiger partial charge in [0.25, 0.3) is 0 Å². The summed E-state index contributed by atoms with van der Waals surface area (Å²) in [6.45, 7) is 7.93. The molecule has 2 unspecified atom stereocenters. The summed E-state index contributed by atoms with van der Waals surface area (Å²) >= 11 is 0. The normalized spacial score (nSPS) is 31.3. The highest BCUT2D eigenvalue weighted by atomic mass is 16.5. The van der Waals surface area contributed by atoms with Crippen LogP contribution >= 0.6 is 0 Å². The van der Waals surface area contributed by atoms with Crippen LogP contribution in [0.5, 0.6) is 0 Å². The highest BCUT2D eigenvalue weighted by molar-refractivity contribution is 4.92. The van der Waals surface area contributed by atoms with Crippen molar-refractivity contribution in [1.29, 1.82) is 0 Å². The molecule has 106 valence electrons. The van der Waals surface area contributed by atoms with Crippen molar-refractivity contribution in [3.8, 4) is 0 Å². The fraction of sp³-hybridized carbons (Fsp3) is 1.00. The Bertz CT molecular complexity index is 247. The maximum absolute atomic E-state index is 6.57. The van der Waals surface area contributed by atoms with Crippen LogP contribution in [0.25, 0.3) is 0 Å². The second kappa shape index (κ2) is 6.38. The van der Waals surface area contributed by atoms with E-state index in [2.05, 4.69) is 26.1 Å². The van der Waals surface area contributed by atoms with E-state index in [0.717, 1.165) is 12.5 Å². The van der Waals surface area contributed by atoms with E-state index in [9.17, 15) is 0 Å². The first-order valence-electron chi connectivity index (χ1n) is 8.02. The van der Waals surface area contributed by atoms with E-state index in [1.807, 2.05) is 0 Å². The Kier molecular flexibility index (Phi) is 5.08. The first-order chi connectivity index (χ1) is 8.61. The molecule has 0 aromatic carbocycles. The molecule has 2 heteroatoms.